The number of morpholine rings is 1. The van der Waals surface area contributed by atoms with Gasteiger partial charge in [-0.25, -0.2) is 9.78 Å². The number of hydrogen-bond donors (Lipinski definition) is 0. The summed E-state index contributed by atoms with van der Waals surface area (Å²) in [5.74, 6) is -2.13. The molecule has 164 valence electrons. The quantitative estimate of drug-likeness (QED) is 0.640. The SMILES string of the molecule is C[C@@H]1CC[C@H]2C(CN3CCOCC3)=C(C(F)(F)F)O[C@@H]3O[C@@]4(C)CC[C@@H]1[C@]32OO4. The van der Waals surface area contributed by atoms with Crippen molar-refractivity contribution in [2.24, 2.45) is 17.8 Å². The van der Waals surface area contributed by atoms with E-state index < -0.39 is 35.5 Å². The van der Waals surface area contributed by atoms with Crippen LogP contribution >= 0.6 is 0 Å². The van der Waals surface area contributed by atoms with Crippen LogP contribution in [0.1, 0.15) is 39.5 Å². The highest BCUT2D eigenvalue weighted by molar-refractivity contribution is 5.29. The Morgan fingerprint density at radius 1 is 1.10 bits per heavy atom. The molecule has 0 N–H and O–H groups in total. The van der Waals surface area contributed by atoms with Gasteiger partial charge in [0.25, 0.3) is 0 Å². The zero-order valence-corrected chi connectivity index (χ0v) is 16.8. The predicted octanol–water partition coefficient (Wildman–Crippen LogP) is 3.38. The van der Waals surface area contributed by atoms with Crippen molar-refractivity contribution in [3.8, 4) is 0 Å². The van der Waals surface area contributed by atoms with Gasteiger partial charge in [0.2, 0.25) is 17.8 Å². The van der Waals surface area contributed by atoms with Crippen LogP contribution in [0.25, 0.3) is 0 Å². The van der Waals surface area contributed by atoms with Crippen LogP contribution in [0.15, 0.2) is 11.3 Å². The van der Waals surface area contributed by atoms with Gasteiger partial charge in [0.05, 0.1) is 13.2 Å². The molecule has 5 fully saturated rings. The Hall–Kier alpha value is -0.870. The van der Waals surface area contributed by atoms with E-state index in [1.165, 1.54) is 0 Å². The molecule has 6 atom stereocenters. The zero-order valence-electron chi connectivity index (χ0n) is 16.8. The van der Waals surface area contributed by atoms with Gasteiger partial charge < -0.3 is 14.2 Å². The zero-order chi connectivity index (χ0) is 20.4. The van der Waals surface area contributed by atoms with E-state index in [9.17, 15) is 13.2 Å². The van der Waals surface area contributed by atoms with E-state index >= 15 is 0 Å². The minimum Gasteiger partial charge on any atom is -0.456 e. The Morgan fingerprint density at radius 2 is 1.86 bits per heavy atom. The number of alkyl halides is 3. The van der Waals surface area contributed by atoms with Gasteiger partial charge in [-0.1, -0.05) is 6.92 Å². The van der Waals surface area contributed by atoms with Gasteiger partial charge in [-0.15, -0.1) is 0 Å². The van der Waals surface area contributed by atoms with E-state index in [2.05, 4.69) is 6.92 Å². The lowest BCUT2D eigenvalue weighted by molar-refractivity contribution is -0.557. The lowest BCUT2D eigenvalue weighted by atomic mass is 9.59. The predicted molar refractivity (Wildman–Crippen MR) is 94.2 cm³/mol. The number of rotatable bonds is 2. The number of ether oxygens (including phenoxy) is 3. The van der Waals surface area contributed by atoms with Gasteiger partial charge in [0, 0.05) is 37.9 Å². The maximum atomic E-state index is 14.1. The molecular weight excluding hydrogens is 391 g/mol. The largest absolute Gasteiger partial charge is 0.456 e. The first-order chi connectivity index (χ1) is 13.7. The first kappa shape index (κ1) is 20.1. The molecule has 1 saturated carbocycles. The molecule has 0 unspecified atom stereocenters. The van der Waals surface area contributed by atoms with Crippen LogP contribution in [0, 0.1) is 17.8 Å². The second-order valence-corrected chi connectivity index (χ2v) is 9.21. The summed E-state index contributed by atoms with van der Waals surface area (Å²) in [5.41, 5.74) is -0.769. The second kappa shape index (κ2) is 6.82. The number of hydrogen-bond acceptors (Lipinski definition) is 6. The first-order valence-corrected chi connectivity index (χ1v) is 10.5. The number of nitrogens with zero attached hydrogens (tertiary/aromatic N) is 1. The minimum atomic E-state index is -4.58. The Kier molecular flexibility index (Phi) is 4.71. The van der Waals surface area contributed by atoms with Crippen molar-refractivity contribution in [1.29, 1.82) is 0 Å². The summed E-state index contributed by atoms with van der Waals surface area (Å²) in [6.07, 6.45) is -2.91. The maximum Gasteiger partial charge on any atom is 0.449 e. The molecule has 9 heteroatoms. The van der Waals surface area contributed by atoms with Crippen LogP contribution in [0.5, 0.6) is 0 Å². The summed E-state index contributed by atoms with van der Waals surface area (Å²) in [5, 5.41) is 0. The molecule has 0 radical (unpaired) electrons. The smallest absolute Gasteiger partial charge is 0.449 e. The number of allylic oxidation sites excluding steroid dienone is 1. The van der Waals surface area contributed by atoms with Gasteiger partial charge in [-0.05, 0) is 37.7 Å². The van der Waals surface area contributed by atoms with Crippen LogP contribution < -0.4 is 0 Å². The molecule has 6 aliphatic rings. The topological polar surface area (TPSA) is 49.4 Å². The van der Waals surface area contributed by atoms with Crippen molar-refractivity contribution >= 4 is 0 Å². The van der Waals surface area contributed by atoms with E-state index in [0.29, 0.717) is 45.1 Å². The molecule has 6 nitrogen and oxygen atoms in total. The van der Waals surface area contributed by atoms with Crippen molar-refractivity contribution in [3.05, 3.63) is 11.3 Å². The van der Waals surface area contributed by atoms with Crippen molar-refractivity contribution in [2.45, 2.75) is 63.4 Å². The van der Waals surface area contributed by atoms with E-state index in [1.54, 1.807) is 6.92 Å². The summed E-state index contributed by atoms with van der Waals surface area (Å²) in [4.78, 5) is 13.7. The summed E-state index contributed by atoms with van der Waals surface area (Å²) < 4.78 is 59.3. The molecule has 1 aliphatic carbocycles. The van der Waals surface area contributed by atoms with Crippen LogP contribution in [0.4, 0.5) is 13.2 Å². The number of halogens is 3. The lowest BCUT2D eigenvalue weighted by Crippen LogP contribution is -2.67. The monoisotopic (exact) mass is 419 g/mol. The number of fused-ring (bicyclic) bond motifs is 2. The van der Waals surface area contributed by atoms with E-state index in [0.717, 1.165) is 12.8 Å². The lowest BCUT2D eigenvalue weighted by Gasteiger charge is -2.57. The molecule has 0 aromatic rings. The molecule has 0 amide bonds. The third-order valence-corrected chi connectivity index (χ3v) is 7.41. The normalized spacial score (nSPS) is 45.6. The Labute approximate surface area is 168 Å². The standard InChI is InChI=1S/C20H28F3NO5/c1-12-3-4-15-13(11-24-7-9-25-10-8-24)16(20(21,22)23)26-17-19(15)14(12)5-6-18(2,27-17)28-29-19/h12,14-15,17H,3-11H2,1-2H3/t12-,14+,15+,17-,18-,19-/m1/s1. The Morgan fingerprint density at radius 3 is 2.59 bits per heavy atom. The highest BCUT2D eigenvalue weighted by Gasteiger charge is 2.70. The molecule has 4 saturated heterocycles. The molecule has 1 spiro atoms. The van der Waals surface area contributed by atoms with Crippen LogP contribution in [0.2, 0.25) is 0 Å². The summed E-state index contributed by atoms with van der Waals surface area (Å²) in [6.45, 7) is 6.29. The minimum absolute atomic E-state index is 0.0186. The van der Waals surface area contributed by atoms with Crippen LogP contribution in [-0.2, 0) is 24.0 Å². The van der Waals surface area contributed by atoms with E-state index in [4.69, 9.17) is 24.0 Å². The maximum absolute atomic E-state index is 14.1. The van der Waals surface area contributed by atoms with Crippen molar-refractivity contribution in [2.75, 3.05) is 32.8 Å². The van der Waals surface area contributed by atoms with E-state index in [1.807, 2.05) is 4.90 Å². The van der Waals surface area contributed by atoms with Crippen molar-refractivity contribution in [3.63, 3.8) is 0 Å². The van der Waals surface area contributed by atoms with Gasteiger partial charge in [0.1, 0.15) is 0 Å². The van der Waals surface area contributed by atoms with Gasteiger partial charge >= 0.3 is 6.18 Å². The van der Waals surface area contributed by atoms with Crippen molar-refractivity contribution in [1.82, 2.24) is 4.90 Å². The summed E-state index contributed by atoms with van der Waals surface area (Å²) in [7, 11) is 0. The molecule has 5 heterocycles. The molecular formula is C20H28F3NO5. The highest BCUT2D eigenvalue weighted by atomic mass is 19.4. The van der Waals surface area contributed by atoms with Gasteiger partial charge in [0.15, 0.2) is 5.60 Å². The Bertz CT molecular complexity index is 694. The third-order valence-electron chi connectivity index (χ3n) is 7.41. The van der Waals surface area contributed by atoms with Crippen LogP contribution in [-0.4, -0.2) is 61.6 Å². The van der Waals surface area contributed by atoms with Gasteiger partial charge in [-0.2, -0.15) is 13.2 Å². The van der Waals surface area contributed by atoms with Crippen molar-refractivity contribution < 1.29 is 37.2 Å². The Balaban J connectivity index is 1.60. The van der Waals surface area contributed by atoms with Gasteiger partial charge in [-0.3, -0.25) is 4.90 Å². The highest BCUT2D eigenvalue weighted by Crippen LogP contribution is 2.61. The molecule has 0 aromatic heterocycles. The second-order valence-electron chi connectivity index (χ2n) is 9.21. The molecule has 2 bridgehead atoms. The summed E-state index contributed by atoms with van der Waals surface area (Å²) in [6, 6.07) is 0. The molecule has 5 aliphatic heterocycles. The molecule has 29 heavy (non-hydrogen) atoms. The van der Waals surface area contributed by atoms with E-state index in [-0.39, 0.29) is 18.0 Å². The molecule has 6 rings (SSSR count). The average molecular weight is 419 g/mol. The first-order valence-electron chi connectivity index (χ1n) is 10.5. The van der Waals surface area contributed by atoms with Crippen LogP contribution in [0.3, 0.4) is 0 Å². The fourth-order valence-corrected chi connectivity index (χ4v) is 5.92. The fraction of sp³-hybridized carbons (Fsp3) is 0.900. The molecule has 0 aromatic carbocycles. The average Bonchev–Trinajstić information content (AvgIpc) is 2.90. The summed E-state index contributed by atoms with van der Waals surface area (Å²) >= 11 is 0. The third kappa shape index (κ3) is 3.12. The fourth-order valence-electron chi connectivity index (χ4n) is 5.92.